The normalized spacial score (nSPS) is 10.7. The van der Waals surface area contributed by atoms with Gasteiger partial charge in [0.2, 0.25) is 0 Å². The van der Waals surface area contributed by atoms with E-state index in [1.54, 1.807) is 24.3 Å². The Morgan fingerprint density at radius 3 is 2.52 bits per heavy atom. The minimum atomic E-state index is -0.766. The van der Waals surface area contributed by atoms with Crippen molar-refractivity contribution in [1.82, 2.24) is 4.98 Å². The minimum Gasteiger partial charge on any atom is -0.494 e. The molecule has 0 aliphatic carbocycles. The number of hydrogen-bond donors (Lipinski definition) is 1. The van der Waals surface area contributed by atoms with Gasteiger partial charge in [-0.1, -0.05) is 11.3 Å². The third kappa shape index (κ3) is 4.21. The smallest absolute Gasteiger partial charge is 0.264 e. The Hall–Kier alpha value is -2.74. The van der Waals surface area contributed by atoms with Gasteiger partial charge in [0, 0.05) is 6.07 Å². The van der Waals surface area contributed by atoms with Gasteiger partial charge in [0.25, 0.3) is 5.91 Å². The first kappa shape index (κ1) is 17.1. The number of hydrogen-bond acceptors (Lipinski definition) is 5. The summed E-state index contributed by atoms with van der Waals surface area (Å²) in [5.74, 6) is -0.685. The molecule has 1 N–H and O–H groups in total. The molecule has 1 heterocycles. The highest BCUT2D eigenvalue weighted by molar-refractivity contribution is 7.22. The Kier molecular flexibility index (Phi) is 5.08. The van der Waals surface area contributed by atoms with Gasteiger partial charge < -0.3 is 9.47 Å². The highest BCUT2D eigenvalue weighted by Crippen LogP contribution is 2.28. The highest BCUT2D eigenvalue weighted by atomic mass is 32.1. The molecule has 0 saturated heterocycles. The number of fused-ring (bicyclic) bond motifs is 1. The SMILES string of the molecule is CCOc1ccc(OCC(=O)Nc2nc3c(F)cc(F)cc3s2)cc1. The van der Waals surface area contributed by atoms with Gasteiger partial charge in [-0.2, -0.15) is 0 Å². The molecule has 3 rings (SSSR count). The van der Waals surface area contributed by atoms with Crippen LogP contribution in [0.15, 0.2) is 36.4 Å². The fraction of sp³-hybridized carbons (Fsp3) is 0.176. The third-order valence-electron chi connectivity index (χ3n) is 3.16. The van der Waals surface area contributed by atoms with Crippen LogP contribution in [-0.4, -0.2) is 24.1 Å². The van der Waals surface area contributed by atoms with Crippen LogP contribution in [0.25, 0.3) is 10.2 Å². The number of aromatic nitrogens is 1. The zero-order chi connectivity index (χ0) is 17.8. The van der Waals surface area contributed by atoms with Crippen molar-refractivity contribution in [3.8, 4) is 11.5 Å². The number of nitrogens with one attached hydrogen (secondary N) is 1. The van der Waals surface area contributed by atoms with E-state index in [0.717, 1.165) is 17.4 Å². The van der Waals surface area contributed by atoms with Gasteiger partial charge in [-0.15, -0.1) is 0 Å². The van der Waals surface area contributed by atoms with Crippen molar-refractivity contribution < 1.29 is 23.0 Å². The summed E-state index contributed by atoms with van der Waals surface area (Å²) < 4.78 is 37.8. The Bertz CT molecular complexity index is 897. The molecule has 0 unspecified atom stereocenters. The number of rotatable bonds is 6. The molecular formula is C17H14F2N2O3S. The first-order chi connectivity index (χ1) is 12.0. The van der Waals surface area contributed by atoms with Gasteiger partial charge in [0.1, 0.15) is 22.8 Å². The van der Waals surface area contributed by atoms with Gasteiger partial charge in [0.15, 0.2) is 17.6 Å². The van der Waals surface area contributed by atoms with Crippen LogP contribution >= 0.6 is 11.3 Å². The summed E-state index contributed by atoms with van der Waals surface area (Å²) in [6.07, 6.45) is 0. The number of carbonyl (C=O) groups excluding carboxylic acids is 1. The summed E-state index contributed by atoms with van der Waals surface area (Å²) in [6, 6.07) is 8.77. The van der Waals surface area contributed by atoms with Crippen LogP contribution in [0.3, 0.4) is 0 Å². The second-order valence-corrected chi connectivity index (χ2v) is 6.03. The lowest BCUT2D eigenvalue weighted by atomic mass is 10.3. The average molecular weight is 364 g/mol. The molecule has 0 bridgehead atoms. The summed E-state index contributed by atoms with van der Waals surface area (Å²) in [7, 11) is 0. The molecule has 130 valence electrons. The number of nitrogens with zero attached hydrogens (tertiary/aromatic N) is 1. The Balaban J connectivity index is 1.60. The lowest BCUT2D eigenvalue weighted by molar-refractivity contribution is -0.118. The zero-order valence-corrected chi connectivity index (χ0v) is 14.0. The number of anilines is 1. The Morgan fingerprint density at radius 1 is 1.16 bits per heavy atom. The molecule has 1 amide bonds. The summed E-state index contributed by atoms with van der Waals surface area (Å²) in [5, 5.41) is 2.69. The maximum atomic E-state index is 13.6. The molecule has 0 spiro atoms. The monoisotopic (exact) mass is 364 g/mol. The van der Waals surface area contributed by atoms with Gasteiger partial charge >= 0.3 is 0 Å². The van der Waals surface area contributed by atoms with E-state index in [2.05, 4.69) is 10.3 Å². The van der Waals surface area contributed by atoms with Crippen LogP contribution in [0.4, 0.5) is 13.9 Å². The van der Waals surface area contributed by atoms with Crippen LogP contribution in [0, 0.1) is 11.6 Å². The predicted octanol–water partition coefficient (Wildman–Crippen LogP) is 3.99. The Labute approximate surface area is 146 Å². The predicted molar refractivity (Wildman–Crippen MR) is 91.3 cm³/mol. The molecule has 0 aliphatic heterocycles. The average Bonchev–Trinajstić information content (AvgIpc) is 2.97. The summed E-state index contributed by atoms with van der Waals surface area (Å²) in [5.41, 5.74) is 0.0223. The fourth-order valence-corrected chi connectivity index (χ4v) is 3.04. The number of halogens is 2. The van der Waals surface area contributed by atoms with E-state index in [1.807, 2.05) is 6.92 Å². The van der Waals surface area contributed by atoms with Crippen molar-refractivity contribution in [2.24, 2.45) is 0 Å². The van der Waals surface area contributed by atoms with Crippen LogP contribution < -0.4 is 14.8 Å². The van der Waals surface area contributed by atoms with Crippen molar-refractivity contribution in [3.05, 3.63) is 48.0 Å². The lowest BCUT2D eigenvalue weighted by Crippen LogP contribution is -2.19. The molecule has 2 aromatic carbocycles. The topological polar surface area (TPSA) is 60.5 Å². The second kappa shape index (κ2) is 7.43. The molecule has 3 aromatic rings. The number of benzene rings is 2. The van der Waals surface area contributed by atoms with E-state index >= 15 is 0 Å². The van der Waals surface area contributed by atoms with Crippen molar-refractivity contribution in [2.45, 2.75) is 6.92 Å². The molecular weight excluding hydrogens is 350 g/mol. The molecule has 1 aromatic heterocycles. The van der Waals surface area contributed by atoms with E-state index in [0.29, 0.717) is 22.8 Å². The quantitative estimate of drug-likeness (QED) is 0.718. The number of thiazole rings is 1. The van der Waals surface area contributed by atoms with Gasteiger partial charge in [-0.05, 0) is 37.3 Å². The maximum Gasteiger partial charge on any atom is 0.264 e. The van der Waals surface area contributed by atoms with E-state index in [-0.39, 0.29) is 17.3 Å². The van der Waals surface area contributed by atoms with Crippen molar-refractivity contribution in [2.75, 3.05) is 18.5 Å². The molecule has 8 heteroatoms. The van der Waals surface area contributed by atoms with Gasteiger partial charge in [-0.3, -0.25) is 10.1 Å². The van der Waals surface area contributed by atoms with E-state index < -0.39 is 17.5 Å². The molecule has 0 saturated carbocycles. The largest absolute Gasteiger partial charge is 0.494 e. The minimum absolute atomic E-state index is 0.0223. The molecule has 0 radical (unpaired) electrons. The van der Waals surface area contributed by atoms with E-state index in [9.17, 15) is 13.6 Å². The van der Waals surface area contributed by atoms with E-state index in [4.69, 9.17) is 9.47 Å². The van der Waals surface area contributed by atoms with Gasteiger partial charge in [-0.25, -0.2) is 13.8 Å². The lowest BCUT2D eigenvalue weighted by Gasteiger charge is -2.07. The first-order valence-corrected chi connectivity index (χ1v) is 8.28. The number of amides is 1. The summed E-state index contributed by atoms with van der Waals surface area (Å²) >= 11 is 0.988. The van der Waals surface area contributed by atoms with Crippen LogP contribution in [-0.2, 0) is 4.79 Å². The summed E-state index contributed by atoms with van der Waals surface area (Å²) in [6.45, 7) is 2.22. The van der Waals surface area contributed by atoms with Crippen molar-refractivity contribution >= 4 is 32.6 Å². The van der Waals surface area contributed by atoms with Crippen molar-refractivity contribution in [1.29, 1.82) is 0 Å². The molecule has 0 aliphatic rings. The Morgan fingerprint density at radius 2 is 1.84 bits per heavy atom. The molecule has 25 heavy (non-hydrogen) atoms. The fourth-order valence-electron chi connectivity index (χ4n) is 2.11. The standard InChI is InChI=1S/C17H14F2N2O3S/c1-2-23-11-3-5-12(6-4-11)24-9-15(22)20-17-21-16-13(19)7-10(18)8-14(16)25-17/h3-8H,2,9H2,1H3,(H,20,21,22). The molecule has 5 nitrogen and oxygen atoms in total. The summed E-state index contributed by atoms with van der Waals surface area (Å²) in [4.78, 5) is 15.9. The number of ether oxygens (including phenoxy) is 2. The van der Waals surface area contributed by atoms with Crippen LogP contribution in [0.5, 0.6) is 11.5 Å². The van der Waals surface area contributed by atoms with Crippen LogP contribution in [0.1, 0.15) is 6.92 Å². The van der Waals surface area contributed by atoms with Crippen molar-refractivity contribution in [3.63, 3.8) is 0 Å². The van der Waals surface area contributed by atoms with Crippen LogP contribution in [0.2, 0.25) is 0 Å². The highest BCUT2D eigenvalue weighted by Gasteiger charge is 2.13. The zero-order valence-electron chi connectivity index (χ0n) is 13.2. The third-order valence-corrected chi connectivity index (χ3v) is 4.08. The maximum absolute atomic E-state index is 13.6. The number of carbonyl (C=O) groups is 1. The van der Waals surface area contributed by atoms with Gasteiger partial charge in [0.05, 0.1) is 11.3 Å². The molecule has 0 atom stereocenters. The van der Waals surface area contributed by atoms with E-state index in [1.165, 1.54) is 6.07 Å². The second-order valence-electron chi connectivity index (χ2n) is 4.99. The molecule has 0 fully saturated rings. The first-order valence-electron chi connectivity index (χ1n) is 7.46.